The minimum Gasteiger partial charge on any atom is -0.333 e. The second-order valence-electron chi connectivity index (χ2n) is 9.83. The highest BCUT2D eigenvalue weighted by Gasteiger charge is 2.42. The first-order chi connectivity index (χ1) is 17.4. The smallest absolute Gasteiger partial charge is 0.254 e. The number of halogens is 1. The molecule has 2 saturated heterocycles. The van der Waals surface area contributed by atoms with Crippen LogP contribution in [0.4, 0.5) is 4.39 Å². The zero-order valence-electron chi connectivity index (χ0n) is 19.9. The van der Waals surface area contributed by atoms with Gasteiger partial charge in [-0.2, -0.15) is 10.4 Å². The highest BCUT2D eigenvalue weighted by atomic mass is 19.1. The molecule has 2 aromatic heterocycles. The van der Waals surface area contributed by atoms with E-state index in [0.717, 1.165) is 48.0 Å². The molecular weight excluding hydrogens is 455 g/mol. The first-order valence-electron chi connectivity index (χ1n) is 12.2. The molecule has 8 heteroatoms. The summed E-state index contributed by atoms with van der Waals surface area (Å²) in [6, 6.07) is 12.4. The first-order valence-corrected chi connectivity index (χ1v) is 12.2. The van der Waals surface area contributed by atoms with E-state index in [0.29, 0.717) is 16.7 Å². The number of carbonyl (C=O) groups excluding carboxylic acids is 1. The van der Waals surface area contributed by atoms with Crippen LogP contribution in [0.3, 0.4) is 0 Å². The lowest BCUT2D eigenvalue weighted by Gasteiger charge is -2.38. The number of aromatic nitrogens is 3. The van der Waals surface area contributed by atoms with E-state index in [1.165, 1.54) is 12.1 Å². The molecule has 3 atom stereocenters. The number of fused-ring (bicyclic) bond motifs is 3. The van der Waals surface area contributed by atoms with E-state index < -0.39 is 5.82 Å². The van der Waals surface area contributed by atoms with Crippen LogP contribution < -0.4 is 5.73 Å². The summed E-state index contributed by atoms with van der Waals surface area (Å²) < 4.78 is 16.4. The Balaban J connectivity index is 1.47. The third-order valence-electron chi connectivity index (χ3n) is 7.51. The number of aryl methyl sites for hydroxylation is 1. The summed E-state index contributed by atoms with van der Waals surface area (Å²) in [5, 5.41) is 13.6. The maximum Gasteiger partial charge on any atom is 0.254 e. The molecular formula is C28H25FN6O. The van der Waals surface area contributed by atoms with Gasteiger partial charge in [0.15, 0.2) is 5.65 Å². The minimum absolute atomic E-state index is 0.0207. The predicted octanol–water partition coefficient (Wildman–Crippen LogP) is 4.48. The number of hydrogen-bond acceptors (Lipinski definition) is 5. The standard InChI is InChI=1S/C28H25FN6O/c1-16-13-33-34-15-20(14-32-27(16)34)24-7-4-18(8-25(24)17-2-3-19(12-30)26(29)9-17)28(36)35-22-5-6-23(35)11-21(31)10-22/h2-4,7-9,13-15,21-23H,5-6,10-11,31H2,1H3/t21?,22-,23+. The molecule has 0 radical (unpaired) electrons. The molecule has 4 heterocycles. The summed E-state index contributed by atoms with van der Waals surface area (Å²) in [5.41, 5.74) is 11.3. The number of nitriles is 1. The van der Waals surface area contributed by atoms with E-state index in [4.69, 9.17) is 5.73 Å². The Morgan fingerprint density at radius 2 is 1.86 bits per heavy atom. The Morgan fingerprint density at radius 1 is 1.08 bits per heavy atom. The van der Waals surface area contributed by atoms with E-state index in [1.807, 2.05) is 42.3 Å². The molecule has 0 spiro atoms. The third kappa shape index (κ3) is 3.64. The van der Waals surface area contributed by atoms with Crippen LogP contribution >= 0.6 is 0 Å². The fraction of sp³-hybridized carbons (Fsp3) is 0.286. The number of amides is 1. The highest BCUT2D eigenvalue weighted by molar-refractivity contribution is 5.98. The van der Waals surface area contributed by atoms with E-state index in [9.17, 15) is 14.4 Å². The lowest BCUT2D eigenvalue weighted by molar-refractivity contribution is 0.0575. The molecule has 0 aliphatic carbocycles. The van der Waals surface area contributed by atoms with Crippen molar-refractivity contribution in [1.29, 1.82) is 5.26 Å². The van der Waals surface area contributed by atoms with Gasteiger partial charge in [0, 0.05) is 47.2 Å². The van der Waals surface area contributed by atoms with Crippen LogP contribution in [0.15, 0.2) is 55.0 Å². The van der Waals surface area contributed by atoms with Crippen molar-refractivity contribution in [3.8, 4) is 28.3 Å². The fourth-order valence-electron chi connectivity index (χ4n) is 5.77. The van der Waals surface area contributed by atoms with Crippen molar-refractivity contribution in [2.24, 2.45) is 5.73 Å². The SMILES string of the molecule is Cc1cnn2cc(-c3ccc(C(=O)N4[C@@H]5CC[C@H]4CC(N)C5)cc3-c3ccc(C#N)c(F)c3)cnc12. The molecule has 4 aromatic rings. The van der Waals surface area contributed by atoms with Crippen LogP contribution in [0.1, 0.15) is 47.2 Å². The number of hydrogen-bond donors (Lipinski definition) is 1. The third-order valence-corrected chi connectivity index (χ3v) is 7.51. The lowest BCUT2D eigenvalue weighted by Crippen LogP contribution is -2.50. The zero-order valence-corrected chi connectivity index (χ0v) is 19.9. The van der Waals surface area contributed by atoms with E-state index in [1.54, 1.807) is 23.0 Å². The molecule has 1 amide bonds. The fourth-order valence-corrected chi connectivity index (χ4v) is 5.77. The van der Waals surface area contributed by atoms with E-state index in [2.05, 4.69) is 10.1 Å². The summed E-state index contributed by atoms with van der Waals surface area (Å²) in [7, 11) is 0. The molecule has 2 bridgehead atoms. The van der Waals surface area contributed by atoms with Gasteiger partial charge < -0.3 is 10.6 Å². The predicted molar refractivity (Wildman–Crippen MR) is 133 cm³/mol. The van der Waals surface area contributed by atoms with Gasteiger partial charge in [-0.15, -0.1) is 0 Å². The number of nitrogens with two attached hydrogens (primary N) is 1. The van der Waals surface area contributed by atoms with Crippen molar-refractivity contribution in [3.63, 3.8) is 0 Å². The second-order valence-corrected chi connectivity index (χ2v) is 9.83. The zero-order chi connectivity index (χ0) is 25.0. The molecule has 2 fully saturated rings. The molecule has 6 rings (SSSR count). The number of piperidine rings is 1. The lowest BCUT2D eigenvalue weighted by atomic mass is 9.92. The summed E-state index contributed by atoms with van der Waals surface area (Å²) >= 11 is 0. The minimum atomic E-state index is -0.600. The molecule has 2 aromatic carbocycles. The van der Waals surface area contributed by atoms with Gasteiger partial charge in [0.2, 0.25) is 0 Å². The van der Waals surface area contributed by atoms with Crippen LogP contribution in [0, 0.1) is 24.1 Å². The summed E-state index contributed by atoms with van der Waals surface area (Å²) in [6.07, 6.45) is 8.99. The average molecular weight is 481 g/mol. The van der Waals surface area contributed by atoms with Gasteiger partial charge in [-0.05, 0) is 73.6 Å². The van der Waals surface area contributed by atoms with Crippen LogP contribution in [0.25, 0.3) is 27.9 Å². The van der Waals surface area contributed by atoms with Gasteiger partial charge in [0.25, 0.3) is 5.91 Å². The van der Waals surface area contributed by atoms with Crippen molar-refractivity contribution in [2.45, 2.75) is 50.7 Å². The maximum atomic E-state index is 14.6. The molecule has 2 N–H and O–H groups in total. The number of rotatable bonds is 3. The summed E-state index contributed by atoms with van der Waals surface area (Å²) in [5.74, 6) is -0.621. The molecule has 0 saturated carbocycles. The van der Waals surface area contributed by atoms with Gasteiger partial charge in [-0.3, -0.25) is 4.79 Å². The average Bonchev–Trinajstić information content (AvgIpc) is 3.39. The van der Waals surface area contributed by atoms with Gasteiger partial charge in [0.1, 0.15) is 11.9 Å². The number of benzene rings is 2. The van der Waals surface area contributed by atoms with Gasteiger partial charge in [-0.25, -0.2) is 13.9 Å². The van der Waals surface area contributed by atoms with Crippen LogP contribution in [-0.4, -0.2) is 43.5 Å². The van der Waals surface area contributed by atoms with E-state index >= 15 is 0 Å². The Kier molecular flexibility index (Phi) is 5.31. The number of carbonyl (C=O) groups is 1. The monoisotopic (exact) mass is 480 g/mol. The summed E-state index contributed by atoms with van der Waals surface area (Å²) in [6.45, 7) is 1.95. The molecule has 180 valence electrons. The van der Waals surface area contributed by atoms with Gasteiger partial charge in [-0.1, -0.05) is 12.1 Å². The quantitative estimate of drug-likeness (QED) is 0.466. The van der Waals surface area contributed by atoms with Gasteiger partial charge >= 0.3 is 0 Å². The Hall–Kier alpha value is -4.09. The largest absolute Gasteiger partial charge is 0.333 e. The topological polar surface area (TPSA) is 100 Å². The second kappa shape index (κ2) is 8.54. The van der Waals surface area contributed by atoms with Crippen LogP contribution in [-0.2, 0) is 0 Å². The van der Waals surface area contributed by atoms with E-state index in [-0.39, 0.29) is 29.6 Å². The van der Waals surface area contributed by atoms with Crippen molar-refractivity contribution < 1.29 is 9.18 Å². The highest BCUT2D eigenvalue weighted by Crippen LogP contribution is 2.38. The molecule has 1 unspecified atom stereocenters. The molecule has 2 aliphatic heterocycles. The number of nitrogens with zero attached hydrogens (tertiary/aromatic N) is 5. The normalized spacial score (nSPS) is 21.1. The van der Waals surface area contributed by atoms with Crippen LogP contribution in [0.2, 0.25) is 0 Å². The Bertz CT molecular complexity index is 1540. The van der Waals surface area contributed by atoms with Gasteiger partial charge in [0.05, 0.1) is 11.8 Å². The molecule has 7 nitrogen and oxygen atoms in total. The van der Waals surface area contributed by atoms with Crippen molar-refractivity contribution >= 4 is 11.6 Å². The maximum absolute atomic E-state index is 14.6. The first kappa shape index (κ1) is 22.4. The Labute approximate surface area is 208 Å². The summed E-state index contributed by atoms with van der Waals surface area (Å²) in [4.78, 5) is 20.2. The Morgan fingerprint density at radius 3 is 2.58 bits per heavy atom. The van der Waals surface area contributed by atoms with Crippen molar-refractivity contribution in [3.05, 3.63) is 77.5 Å². The molecule has 36 heavy (non-hydrogen) atoms. The molecule has 2 aliphatic rings. The van der Waals surface area contributed by atoms with Crippen molar-refractivity contribution in [2.75, 3.05) is 0 Å². The van der Waals surface area contributed by atoms with Crippen molar-refractivity contribution in [1.82, 2.24) is 19.5 Å². The van der Waals surface area contributed by atoms with Crippen LogP contribution in [0.5, 0.6) is 0 Å².